The minimum absolute atomic E-state index is 0.310. The van der Waals surface area contributed by atoms with E-state index >= 15 is 0 Å². The Labute approximate surface area is 59.0 Å². The van der Waals surface area contributed by atoms with Crippen molar-refractivity contribution in [2.75, 3.05) is 0 Å². The normalized spacial score (nSPS) is 11.9. The van der Waals surface area contributed by atoms with E-state index in [1.54, 1.807) is 18.5 Å². The van der Waals surface area contributed by atoms with E-state index in [1.807, 2.05) is 6.07 Å². The van der Waals surface area contributed by atoms with Crippen LogP contribution in [0.5, 0.6) is 0 Å². The summed E-state index contributed by atoms with van der Waals surface area (Å²) in [5.41, 5.74) is 0. The fraction of sp³-hybridized carbons (Fsp3) is 0.143. The molecule has 0 saturated heterocycles. The SMILES string of the molecule is C=CC(C#N)c1ncc[nH]1. The van der Waals surface area contributed by atoms with Gasteiger partial charge in [0.05, 0.1) is 6.07 Å². The number of nitrogens with zero attached hydrogens (tertiary/aromatic N) is 2. The van der Waals surface area contributed by atoms with Crippen molar-refractivity contribution in [1.29, 1.82) is 5.26 Å². The van der Waals surface area contributed by atoms with Gasteiger partial charge in [0.1, 0.15) is 11.7 Å². The lowest BCUT2D eigenvalue weighted by atomic mass is 10.2. The molecule has 0 aliphatic carbocycles. The zero-order valence-corrected chi connectivity index (χ0v) is 5.41. The van der Waals surface area contributed by atoms with E-state index in [1.165, 1.54) is 0 Å². The van der Waals surface area contributed by atoms with Crippen molar-refractivity contribution < 1.29 is 0 Å². The van der Waals surface area contributed by atoms with Crippen molar-refractivity contribution in [1.82, 2.24) is 9.97 Å². The van der Waals surface area contributed by atoms with Gasteiger partial charge in [-0.25, -0.2) is 4.98 Å². The van der Waals surface area contributed by atoms with Crippen LogP contribution in [0.1, 0.15) is 11.7 Å². The van der Waals surface area contributed by atoms with Crippen molar-refractivity contribution in [3.63, 3.8) is 0 Å². The first kappa shape index (κ1) is 6.56. The van der Waals surface area contributed by atoms with Crippen LogP contribution in [0.4, 0.5) is 0 Å². The highest BCUT2D eigenvalue weighted by atomic mass is 14.9. The molecule has 1 N–H and O–H groups in total. The third-order valence-corrected chi connectivity index (χ3v) is 1.19. The maximum atomic E-state index is 8.52. The largest absolute Gasteiger partial charge is 0.347 e. The van der Waals surface area contributed by atoms with Crippen LogP contribution in [-0.4, -0.2) is 9.97 Å². The fourth-order valence-electron chi connectivity index (χ4n) is 0.673. The van der Waals surface area contributed by atoms with Crippen molar-refractivity contribution in [3.8, 4) is 6.07 Å². The van der Waals surface area contributed by atoms with Crippen molar-refractivity contribution in [2.24, 2.45) is 0 Å². The summed E-state index contributed by atoms with van der Waals surface area (Å²) in [5.74, 6) is 0.340. The molecule has 1 unspecified atom stereocenters. The summed E-state index contributed by atoms with van der Waals surface area (Å²) in [6.07, 6.45) is 4.85. The van der Waals surface area contributed by atoms with Gasteiger partial charge in [-0.15, -0.1) is 6.58 Å². The predicted octanol–water partition coefficient (Wildman–Crippen LogP) is 1.20. The highest BCUT2D eigenvalue weighted by Gasteiger charge is 2.05. The highest BCUT2D eigenvalue weighted by molar-refractivity contribution is 5.15. The molecule has 0 bridgehead atoms. The van der Waals surface area contributed by atoms with Gasteiger partial charge in [0.2, 0.25) is 0 Å². The number of hydrogen-bond acceptors (Lipinski definition) is 2. The monoisotopic (exact) mass is 133 g/mol. The predicted molar refractivity (Wildman–Crippen MR) is 37.1 cm³/mol. The van der Waals surface area contributed by atoms with Gasteiger partial charge in [0.15, 0.2) is 0 Å². The summed E-state index contributed by atoms with van der Waals surface area (Å²) in [6.45, 7) is 3.51. The first-order valence-electron chi connectivity index (χ1n) is 2.90. The molecule has 0 aliphatic rings. The number of aromatic amines is 1. The Balaban J connectivity index is 2.86. The van der Waals surface area contributed by atoms with Crippen LogP contribution in [0.3, 0.4) is 0 Å². The van der Waals surface area contributed by atoms with Crippen LogP contribution >= 0.6 is 0 Å². The topological polar surface area (TPSA) is 52.5 Å². The first-order chi connectivity index (χ1) is 4.88. The number of allylic oxidation sites excluding steroid dienone is 1. The number of nitrogens with one attached hydrogen (secondary N) is 1. The van der Waals surface area contributed by atoms with Crippen LogP contribution in [0.15, 0.2) is 25.0 Å². The molecule has 0 saturated carbocycles. The number of aromatic nitrogens is 2. The van der Waals surface area contributed by atoms with Gasteiger partial charge in [-0.05, 0) is 0 Å². The van der Waals surface area contributed by atoms with E-state index in [0.717, 1.165) is 0 Å². The second-order valence-electron chi connectivity index (χ2n) is 1.82. The number of H-pyrrole nitrogens is 1. The molecule has 1 heterocycles. The summed E-state index contributed by atoms with van der Waals surface area (Å²) in [6, 6.07) is 2.04. The standard InChI is InChI=1S/C7H7N3/c1-2-6(5-8)7-9-3-4-10-7/h2-4,6H,1H2,(H,9,10). The van der Waals surface area contributed by atoms with Gasteiger partial charge in [0.25, 0.3) is 0 Å². The van der Waals surface area contributed by atoms with E-state index < -0.39 is 0 Å². The maximum Gasteiger partial charge on any atom is 0.127 e. The zero-order chi connectivity index (χ0) is 7.40. The van der Waals surface area contributed by atoms with Crippen LogP contribution < -0.4 is 0 Å². The Hall–Kier alpha value is -1.56. The molecule has 0 spiro atoms. The zero-order valence-electron chi connectivity index (χ0n) is 5.41. The summed E-state index contributed by atoms with van der Waals surface area (Å²) < 4.78 is 0. The van der Waals surface area contributed by atoms with Crippen LogP contribution in [-0.2, 0) is 0 Å². The molecule has 3 nitrogen and oxygen atoms in total. The lowest BCUT2D eigenvalue weighted by molar-refractivity contribution is 0.962. The first-order valence-corrected chi connectivity index (χ1v) is 2.90. The van der Waals surface area contributed by atoms with Crippen molar-refractivity contribution in [2.45, 2.75) is 5.92 Å². The molecule has 1 rings (SSSR count). The molecule has 10 heavy (non-hydrogen) atoms. The molecule has 0 aromatic carbocycles. The minimum atomic E-state index is -0.310. The van der Waals surface area contributed by atoms with Gasteiger partial charge < -0.3 is 4.98 Å². The Kier molecular flexibility index (Phi) is 1.86. The molecule has 1 atom stereocenters. The molecule has 1 aromatic rings. The molecule has 0 amide bonds. The quantitative estimate of drug-likeness (QED) is 0.616. The smallest absolute Gasteiger partial charge is 0.127 e. The second-order valence-corrected chi connectivity index (χ2v) is 1.82. The van der Waals surface area contributed by atoms with Gasteiger partial charge in [-0.1, -0.05) is 6.08 Å². The summed E-state index contributed by atoms with van der Waals surface area (Å²) in [4.78, 5) is 6.74. The van der Waals surface area contributed by atoms with E-state index in [9.17, 15) is 0 Å². The second kappa shape index (κ2) is 2.83. The van der Waals surface area contributed by atoms with Crippen molar-refractivity contribution >= 4 is 0 Å². The average Bonchev–Trinajstić information content (AvgIpc) is 2.43. The number of rotatable bonds is 2. The molecule has 0 radical (unpaired) electrons. The van der Waals surface area contributed by atoms with Crippen LogP contribution in [0, 0.1) is 11.3 Å². The van der Waals surface area contributed by atoms with E-state index in [0.29, 0.717) is 5.82 Å². The van der Waals surface area contributed by atoms with Gasteiger partial charge in [0, 0.05) is 12.4 Å². The average molecular weight is 133 g/mol. The highest BCUT2D eigenvalue weighted by Crippen LogP contribution is 2.08. The van der Waals surface area contributed by atoms with Gasteiger partial charge in [-0.3, -0.25) is 0 Å². The number of hydrogen-bond donors (Lipinski definition) is 1. The lowest BCUT2D eigenvalue weighted by Crippen LogP contribution is -1.92. The summed E-state index contributed by atoms with van der Waals surface area (Å²) in [5, 5.41) is 8.52. The number of nitriles is 1. The molecule has 0 fully saturated rings. The maximum absolute atomic E-state index is 8.52. The Bertz CT molecular complexity index is 242. The van der Waals surface area contributed by atoms with Crippen LogP contribution in [0.25, 0.3) is 0 Å². The lowest BCUT2D eigenvalue weighted by Gasteiger charge is -1.94. The molecule has 1 aromatic heterocycles. The van der Waals surface area contributed by atoms with Gasteiger partial charge >= 0.3 is 0 Å². The van der Waals surface area contributed by atoms with Crippen molar-refractivity contribution in [3.05, 3.63) is 30.9 Å². The van der Waals surface area contributed by atoms with E-state index in [4.69, 9.17) is 5.26 Å². The third kappa shape index (κ3) is 1.06. The molecule has 0 aliphatic heterocycles. The Morgan fingerprint density at radius 3 is 3.10 bits per heavy atom. The molecule has 50 valence electrons. The minimum Gasteiger partial charge on any atom is -0.347 e. The van der Waals surface area contributed by atoms with E-state index in [-0.39, 0.29) is 5.92 Å². The summed E-state index contributed by atoms with van der Waals surface area (Å²) >= 11 is 0. The Morgan fingerprint density at radius 2 is 2.70 bits per heavy atom. The Morgan fingerprint density at radius 1 is 1.90 bits per heavy atom. The molecular formula is C7H7N3. The summed E-state index contributed by atoms with van der Waals surface area (Å²) in [7, 11) is 0. The van der Waals surface area contributed by atoms with Crippen LogP contribution in [0.2, 0.25) is 0 Å². The fourth-order valence-corrected chi connectivity index (χ4v) is 0.673. The number of imidazole rings is 1. The van der Waals surface area contributed by atoms with E-state index in [2.05, 4.69) is 16.5 Å². The molecule has 3 heteroatoms. The molecular weight excluding hydrogens is 126 g/mol. The third-order valence-electron chi connectivity index (χ3n) is 1.19. The van der Waals surface area contributed by atoms with Gasteiger partial charge in [-0.2, -0.15) is 5.26 Å².